The van der Waals surface area contributed by atoms with E-state index in [0.717, 1.165) is 71.3 Å². The first kappa shape index (κ1) is 29.5. The van der Waals surface area contributed by atoms with Gasteiger partial charge in [0.15, 0.2) is 0 Å². The summed E-state index contributed by atoms with van der Waals surface area (Å²) in [6.45, 7) is 5.63. The number of nitrogens with zero attached hydrogens (tertiary/aromatic N) is 2. The molecular formula is C28H51F2N7O2. The van der Waals surface area contributed by atoms with Gasteiger partial charge in [0.1, 0.15) is 12.3 Å². The van der Waals surface area contributed by atoms with Crippen LogP contribution in [0.25, 0.3) is 0 Å². The van der Waals surface area contributed by atoms with Gasteiger partial charge in [-0.1, -0.05) is 25.7 Å². The number of carbonyl (C=O) groups is 1. The summed E-state index contributed by atoms with van der Waals surface area (Å²) >= 11 is 0. The van der Waals surface area contributed by atoms with Gasteiger partial charge in [-0.05, 0) is 37.5 Å². The summed E-state index contributed by atoms with van der Waals surface area (Å²) in [4.78, 5) is 18.6. The standard InChI is InChI=1S/C28H51F2N7O2/c29-19-5-8-28(6-3-1-2-4-7-28)13-22(34-14-19)24(26(31)32)27(38)35-23-16-33-15-21(30)25(23)37-10-9-36-11-12-39-18-20(36)17-37/h19-26,33-34H,1-18,31-32H2,(H,35,38)/t19?,20-,21?,22?,23?,24?,25?/m1/s1. The van der Waals surface area contributed by atoms with Crippen LogP contribution in [-0.2, 0) is 9.53 Å². The Labute approximate surface area is 232 Å². The number of piperazine rings is 1. The molecule has 4 saturated heterocycles. The third kappa shape index (κ3) is 7.10. The second-order valence-electron chi connectivity index (χ2n) is 12.9. The van der Waals surface area contributed by atoms with Crippen molar-refractivity contribution in [3.05, 3.63) is 0 Å². The highest BCUT2D eigenvalue weighted by Gasteiger charge is 2.45. The second-order valence-corrected chi connectivity index (χ2v) is 12.9. The number of morpholine rings is 1. The zero-order valence-corrected chi connectivity index (χ0v) is 23.5. The van der Waals surface area contributed by atoms with Gasteiger partial charge >= 0.3 is 0 Å². The van der Waals surface area contributed by atoms with Crippen LogP contribution in [0, 0.1) is 11.3 Å². The van der Waals surface area contributed by atoms with E-state index in [1.165, 1.54) is 12.8 Å². The SMILES string of the molecule is NC(N)C(C(=O)NC1CNCC(F)C1N1CCN2CCOC[C@H]2C1)C1CC2(CCCCCC2)CCC(F)CN1. The fourth-order valence-electron chi connectivity index (χ4n) is 8.11. The lowest BCUT2D eigenvalue weighted by Gasteiger charge is -2.50. The first-order chi connectivity index (χ1) is 18.8. The number of amides is 1. The van der Waals surface area contributed by atoms with Crippen molar-refractivity contribution in [2.75, 3.05) is 59.0 Å². The highest BCUT2D eigenvalue weighted by molar-refractivity contribution is 5.80. The lowest BCUT2D eigenvalue weighted by molar-refractivity contribution is -0.129. The largest absolute Gasteiger partial charge is 0.378 e. The van der Waals surface area contributed by atoms with Crippen molar-refractivity contribution >= 4 is 5.91 Å². The van der Waals surface area contributed by atoms with Gasteiger partial charge in [0.2, 0.25) is 5.91 Å². The number of ether oxygens (including phenoxy) is 1. The van der Waals surface area contributed by atoms with E-state index in [0.29, 0.717) is 19.6 Å². The number of rotatable bonds is 5. The number of alkyl halides is 2. The number of piperidine rings is 1. The number of fused-ring (bicyclic) bond motifs is 1. The zero-order chi connectivity index (χ0) is 27.4. The molecule has 0 radical (unpaired) electrons. The van der Waals surface area contributed by atoms with Crippen LogP contribution in [0.4, 0.5) is 8.78 Å². The molecule has 11 heteroatoms. The second kappa shape index (κ2) is 13.4. The van der Waals surface area contributed by atoms with Gasteiger partial charge in [-0.3, -0.25) is 14.6 Å². The molecule has 0 bridgehead atoms. The molecular weight excluding hydrogens is 504 g/mol. The molecule has 39 heavy (non-hydrogen) atoms. The third-order valence-corrected chi connectivity index (χ3v) is 10.3. The zero-order valence-electron chi connectivity index (χ0n) is 23.5. The van der Waals surface area contributed by atoms with E-state index in [1.54, 1.807) is 0 Å². The van der Waals surface area contributed by atoms with Crippen molar-refractivity contribution in [2.24, 2.45) is 22.8 Å². The number of hydrogen-bond acceptors (Lipinski definition) is 8. The lowest BCUT2D eigenvalue weighted by atomic mass is 9.68. The van der Waals surface area contributed by atoms with Crippen molar-refractivity contribution in [1.82, 2.24) is 25.8 Å². The molecule has 1 aliphatic carbocycles. The number of hydrogen-bond donors (Lipinski definition) is 5. The summed E-state index contributed by atoms with van der Waals surface area (Å²) in [6, 6.07) is -0.907. The fourth-order valence-corrected chi connectivity index (χ4v) is 8.11. The molecule has 1 amide bonds. The fraction of sp³-hybridized carbons (Fsp3) is 0.964. The number of carbonyl (C=O) groups excluding carboxylic acids is 1. The summed E-state index contributed by atoms with van der Waals surface area (Å²) in [7, 11) is 0. The Bertz CT molecular complexity index is 800. The van der Waals surface area contributed by atoms with Crippen molar-refractivity contribution in [2.45, 2.75) is 100 Å². The van der Waals surface area contributed by atoms with Crippen LogP contribution in [0.1, 0.15) is 57.8 Å². The first-order valence-corrected chi connectivity index (χ1v) is 15.4. The summed E-state index contributed by atoms with van der Waals surface area (Å²) in [5.41, 5.74) is 12.6. The normalized spacial score (nSPS) is 37.9. The molecule has 1 saturated carbocycles. The average molecular weight is 556 g/mol. The molecule has 5 fully saturated rings. The molecule has 4 heterocycles. The van der Waals surface area contributed by atoms with Crippen LogP contribution in [0.2, 0.25) is 0 Å². The van der Waals surface area contributed by atoms with Crippen LogP contribution in [0.3, 0.4) is 0 Å². The van der Waals surface area contributed by atoms with Crippen LogP contribution in [0.5, 0.6) is 0 Å². The summed E-state index contributed by atoms with van der Waals surface area (Å²) in [5.74, 6) is -0.979. The Morgan fingerprint density at radius 1 is 1.00 bits per heavy atom. The molecule has 7 N–H and O–H groups in total. The van der Waals surface area contributed by atoms with Crippen LogP contribution >= 0.6 is 0 Å². The molecule has 0 aromatic rings. The quantitative estimate of drug-likeness (QED) is 0.311. The lowest BCUT2D eigenvalue weighted by Crippen LogP contribution is -2.70. The van der Waals surface area contributed by atoms with Crippen molar-refractivity contribution in [1.29, 1.82) is 0 Å². The highest BCUT2D eigenvalue weighted by atomic mass is 19.1. The minimum Gasteiger partial charge on any atom is -0.378 e. The van der Waals surface area contributed by atoms with Gasteiger partial charge in [0.05, 0.1) is 37.4 Å². The Morgan fingerprint density at radius 2 is 1.77 bits per heavy atom. The molecule has 7 atom stereocenters. The first-order valence-electron chi connectivity index (χ1n) is 15.4. The molecule has 224 valence electrons. The summed E-state index contributed by atoms with van der Waals surface area (Å²) in [5, 5.41) is 9.70. The van der Waals surface area contributed by atoms with E-state index in [4.69, 9.17) is 16.2 Å². The van der Waals surface area contributed by atoms with E-state index in [9.17, 15) is 9.18 Å². The maximum atomic E-state index is 15.5. The van der Waals surface area contributed by atoms with Crippen LogP contribution in [0.15, 0.2) is 0 Å². The van der Waals surface area contributed by atoms with E-state index in [-0.39, 0.29) is 36.5 Å². The molecule has 9 nitrogen and oxygen atoms in total. The highest BCUT2D eigenvalue weighted by Crippen LogP contribution is 2.45. The van der Waals surface area contributed by atoms with Gasteiger partial charge in [-0.25, -0.2) is 8.78 Å². The van der Waals surface area contributed by atoms with Gasteiger partial charge in [-0.2, -0.15) is 0 Å². The Morgan fingerprint density at radius 3 is 2.54 bits per heavy atom. The maximum absolute atomic E-state index is 15.5. The van der Waals surface area contributed by atoms with Crippen molar-refractivity contribution < 1.29 is 18.3 Å². The molecule has 5 aliphatic rings. The average Bonchev–Trinajstić information content (AvgIpc) is 3.15. The van der Waals surface area contributed by atoms with Gasteiger partial charge in [0, 0.05) is 57.9 Å². The third-order valence-electron chi connectivity index (χ3n) is 10.3. The topological polar surface area (TPSA) is 121 Å². The molecule has 1 spiro atoms. The van der Waals surface area contributed by atoms with E-state index in [1.807, 2.05) is 0 Å². The van der Waals surface area contributed by atoms with Gasteiger partial charge in [0.25, 0.3) is 0 Å². The van der Waals surface area contributed by atoms with E-state index < -0.39 is 36.5 Å². The molecule has 5 rings (SSSR count). The minimum absolute atomic E-state index is 0.00700. The molecule has 0 aromatic carbocycles. The van der Waals surface area contributed by atoms with Crippen LogP contribution < -0.4 is 27.4 Å². The van der Waals surface area contributed by atoms with Gasteiger partial charge in [-0.15, -0.1) is 0 Å². The Kier molecular flexibility index (Phi) is 10.1. The van der Waals surface area contributed by atoms with E-state index in [2.05, 4.69) is 25.8 Å². The Hall–Kier alpha value is -0.950. The predicted octanol–water partition coefficient (Wildman–Crippen LogP) is 0.478. The maximum Gasteiger partial charge on any atom is 0.227 e. The predicted molar refractivity (Wildman–Crippen MR) is 148 cm³/mol. The molecule has 4 aliphatic heterocycles. The van der Waals surface area contributed by atoms with Crippen molar-refractivity contribution in [3.8, 4) is 0 Å². The Balaban J connectivity index is 1.31. The van der Waals surface area contributed by atoms with Crippen LogP contribution in [-0.4, -0.2) is 117 Å². The molecule has 6 unspecified atom stereocenters. The summed E-state index contributed by atoms with van der Waals surface area (Å²) < 4.78 is 36.0. The van der Waals surface area contributed by atoms with E-state index >= 15 is 4.39 Å². The molecule has 0 aromatic heterocycles. The van der Waals surface area contributed by atoms with Crippen molar-refractivity contribution in [3.63, 3.8) is 0 Å². The smallest absolute Gasteiger partial charge is 0.227 e. The minimum atomic E-state index is -1.11. The van der Waals surface area contributed by atoms with Gasteiger partial charge < -0.3 is 32.2 Å². The number of nitrogens with one attached hydrogen (secondary N) is 3. The number of nitrogens with two attached hydrogens (primary N) is 2. The summed E-state index contributed by atoms with van der Waals surface area (Å²) in [6.07, 6.45) is 6.02. The number of halogens is 2. The monoisotopic (exact) mass is 555 g/mol.